The summed E-state index contributed by atoms with van der Waals surface area (Å²) in [6, 6.07) is 15.5. The minimum atomic E-state index is -0.447. The van der Waals surface area contributed by atoms with Crippen molar-refractivity contribution in [1.29, 1.82) is 5.26 Å². The van der Waals surface area contributed by atoms with E-state index in [1.165, 1.54) is 17.5 Å². The molecule has 9 nitrogen and oxygen atoms in total. The average Bonchev–Trinajstić information content (AvgIpc) is 2.89. The summed E-state index contributed by atoms with van der Waals surface area (Å²) in [5, 5.41) is 21.0. The first-order chi connectivity index (χ1) is 17.5. The number of amides is 2. The molecule has 3 rings (SSSR count). The number of carbonyl (C=O) groups is 1. The molecule has 10 heteroatoms. The Morgan fingerprint density at radius 2 is 2.06 bits per heavy atom. The fourth-order valence-corrected chi connectivity index (χ4v) is 3.91. The third-order valence-corrected chi connectivity index (χ3v) is 5.92. The molecule has 0 bridgehead atoms. The molecule has 190 valence electrons. The van der Waals surface area contributed by atoms with Crippen LogP contribution in [-0.2, 0) is 17.7 Å². The number of rotatable bonds is 9. The summed E-state index contributed by atoms with van der Waals surface area (Å²) < 4.78 is 5.44. The molecule has 1 fully saturated rings. The number of benzene rings is 2. The predicted octanol–water partition coefficient (Wildman–Crippen LogP) is 3.63. The molecule has 1 aliphatic heterocycles. The van der Waals surface area contributed by atoms with Crippen molar-refractivity contribution in [2.24, 2.45) is 4.99 Å². The quantitative estimate of drug-likeness (QED) is 0.178. The summed E-state index contributed by atoms with van der Waals surface area (Å²) in [4.78, 5) is 18.6. The SMILES string of the molecule is CN/C(C#N)=C\N=C(C)NC(=O)Nc1ccc(CCNCc2cccc(N3CCOCC3)c2)c(Cl)c1. The van der Waals surface area contributed by atoms with E-state index in [1.807, 2.05) is 18.2 Å². The van der Waals surface area contributed by atoms with Gasteiger partial charge < -0.3 is 25.6 Å². The van der Waals surface area contributed by atoms with Gasteiger partial charge in [0.25, 0.3) is 0 Å². The van der Waals surface area contributed by atoms with Crippen molar-refractivity contribution in [1.82, 2.24) is 16.0 Å². The van der Waals surface area contributed by atoms with Crippen molar-refractivity contribution in [2.75, 3.05) is 50.1 Å². The van der Waals surface area contributed by atoms with Gasteiger partial charge >= 0.3 is 6.03 Å². The van der Waals surface area contributed by atoms with Gasteiger partial charge in [0.1, 0.15) is 17.6 Å². The first-order valence-electron chi connectivity index (χ1n) is 11.8. The van der Waals surface area contributed by atoms with Gasteiger partial charge in [0, 0.05) is 43.1 Å². The predicted molar refractivity (Wildman–Crippen MR) is 144 cm³/mol. The molecule has 1 heterocycles. The van der Waals surface area contributed by atoms with E-state index in [4.69, 9.17) is 21.6 Å². The molecule has 0 atom stereocenters. The maximum Gasteiger partial charge on any atom is 0.324 e. The molecule has 0 radical (unpaired) electrons. The zero-order chi connectivity index (χ0) is 25.8. The molecule has 0 aliphatic carbocycles. The monoisotopic (exact) mass is 509 g/mol. The molecule has 4 N–H and O–H groups in total. The Bertz CT molecular complexity index is 1140. The van der Waals surface area contributed by atoms with Gasteiger partial charge in [-0.15, -0.1) is 0 Å². The van der Waals surface area contributed by atoms with Gasteiger partial charge in [-0.3, -0.25) is 5.32 Å². The molecule has 1 aliphatic rings. The Hall–Kier alpha value is -3.58. The van der Waals surface area contributed by atoms with E-state index in [0.29, 0.717) is 16.5 Å². The van der Waals surface area contributed by atoms with Crippen molar-refractivity contribution >= 4 is 34.8 Å². The highest BCUT2D eigenvalue weighted by molar-refractivity contribution is 6.31. The minimum absolute atomic E-state index is 0.287. The summed E-state index contributed by atoms with van der Waals surface area (Å²) in [6.07, 6.45) is 2.11. The second-order valence-corrected chi connectivity index (χ2v) is 8.61. The number of amidine groups is 1. The molecule has 0 unspecified atom stereocenters. The molecular formula is C26H32ClN7O2. The summed E-state index contributed by atoms with van der Waals surface area (Å²) in [7, 11) is 1.62. The van der Waals surface area contributed by atoms with Crippen LogP contribution in [0.2, 0.25) is 5.02 Å². The molecule has 0 aromatic heterocycles. The van der Waals surface area contributed by atoms with Crippen LogP contribution in [0.5, 0.6) is 0 Å². The Kier molecular flexibility index (Phi) is 10.6. The van der Waals surface area contributed by atoms with E-state index in [2.05, 4.69) is 55.4 Å². The topological polar surface area (TPSA) is 114 Å². The van der Waals surface area contributed by atoms with Crippen LogP contribution >= 0.6 is 11.6 Å². The zero-order valence-corrected chi connectivity index (χ0v) is 21.4. The van der Waals surface area contributed by atoms with Crippen LogP contribution in [0, 0.1) is 11.3 Å². The molecule has 0 spiro atoms. The number of anilines is 2. The van der Waals surface area contributed by atoms with Crippen LogP contribution in [0.3, 0.4) is 0 Å². The van der Waals surface area contributed by atoms with E-state index in [-0.39, 0.29) is 5.70 Å². The van der Waals surface area contributed by atoms with Gasteiger partial charge in [0.05, 0.1) is 19.4 Å². The highest BCUT2D eigenvalue weighted by Crippen LogP contribution is 2.22. The van der Waals surface area contributed by atoms with Crippen molar-refractivity contribution in [3.05, 3.63) is 70.5 Å². The summed E-state index contributed by atoms with van der Waals surface area (Å²) in [5.74, 6) is 0.347. The van der Waals surface area contributed by atoms with Gasteiger partial charge in [-0.25, -0.2) is 9.79 Å². The minimum Gasteiger partial charge on any atom is -0.378 e. The van der Waals surface area contributed by atoms with Crippen LogP contribution in [0.15, 0.2) is 59.4 Å². The number of allylic oxidation sites excluding steroid dienone is 1. The smallest absolute Gasteiger partial charge is 0.324 e. The zero-order valence-electron chi connectivity index (χ0n) is 20.6. The summed E-state index contributed by atoms with van der Waals surface area (Å²) >= 11 is 6.45. The lowest BCUT2D eigenvalue weighted by Crippen LogP contribution is -2.36. The second kappa shape index (κ2) is 14.1. The first kappa shape index (κ1) is 27.0. The van der Waals surface area contributed by atoms with Crippen molar-refractivity contribution < 1.29 is 9.53 Å². The molecule has 1 saturated heterocycles. The number of nitrogens with one attached hydrogen (secondary N) is 4. The normalized spacial score (nSPS) is 14.2. The van der Waals surface area contributed by atoms with Crippen LogP contribution in [-0.4, -0.2) is 51.8 Å². The van der Waals surface area contributed by atoms with E-state index in [9.17, 15) is 4.79 Å². The number of morpholine rings is 1. The number of hydrogen-bond acceptors (Lipinski definition) is 7. The van der Waals surface area contributed by atoms with Gasteiger partial charge in [-0.05, 0) is 55.3 Å². The Balaban J connectivity index is 1.45. The van der Waals surface area contributed by atoms with E-state index >= 15 is 0 Å². The summed E-state index contributed by atoms with van der Waals surface area (Å²) in [6.45, 7) is 6.57. The second-order valence-electron chi connectivity index (χ2n) is 8.20. The van der Waals surface area contributed by atoms with Crippen LogP contribution in [0.25, 0.3) is 0 Å². The molecule has 0 saturated carbocycles. The number of carbonyl (C=O) groups excluding carboxylic acids is 1. The lowest BCUT2D eigenvalue weighted by atomic mass is 10.1. The maximum atomic E-state index is 12.2. The van der Waals surface area contributed by atoms with Gasteiger partial charge in [-0.2, -0.15) is 5.26 Å². The van der Waals surface area contributed by atoms with Crippen LogP contribution in [0.4, 0.5) is 16.2 Å². The highest BCUT2D eigenvalue weighted by Gasteiger charge is 2.11. The Morgan fingerprint density at radius 3 is 2.78 bits per heavy atom. The fraction of sp³-hybridized carbons (Fsp3) is 0.346. The van der Waals surface area contributed by atoms with Gasteiger partial charge in [-0.1, -0.05) is 29.8 Å². The lowest BCUT2D eigenvalue weighted by Gasteiger charge is -2.29. The maximum absolute atomic E-state index is 12.2. The fourth-order valence-electron chi connectivity index (χ4n) is 3.64. The van der Waals surface area contributed by atoms with E-state index in [0.717, 1.165) is 51.4 Å². The number of hydrogen-bond donors (Lipinski definition) is 4. The lowest BCUT2D eigenvalue weighted by molar-refractivity contribution is 0.122. The number of nitriles is 1. The molecular weight excluding hydrogens is 478 g/mol. The van der Waals surface area contributed by atoms with Gasteiger partial charge in [0.2, 0.25) is 0 Å². The molecule has 2 amide bonds. The molecule has 2 aromatic rings. The number of nitrogens with zero attached hydrogens (tertiary/aromatic N) is 3. The first-order valence-corrected chi connectivity index (χ1v) is 12.2. The molecule has 2 aromatic carbocycles. The van der Waals surface area contributed by atoms with Crippen molar-refractivity contribution in [3.8, 4) is 6.07 Å². The van der Waals surface area contributed by atoms with Crippen LogP contribution < -0.4 is 26.2 Å². The third kappa shape index (κ3) is 8.57. The molecule has 36 heavy (non-hydrogen) atoms. The van der Waals surface area contributed by atoms with E-state index < -0.39 is 6.03 Å². The summed E-state index contributed by atoms with van der Waals surface area (Å²) in [5.41, 5.74) is 4.33. The third-order valence-electron chi connectivity index (χ3n) is 5.57. The number of ether oxygens (including phenoxy) is 1. The average molecular weight is 510 g/mol. The van der Waals surface area contributed by atoms with Gasteiger partial charge in [0.15, 0.2) is 0 Å². The number of aliphatic imine (C=N–C) groups is 1. The Morgan fingerprint density at radius 1 is 1.25 bits per heavy atom. The standard InChI is InChI=1S/C26H32ClN7O2/c1-19(31-18-23(16-28)29-2)32-26(35)33-22-7-6-21(25(27)15-22)8-9-30-17-20-4-3-5-24(14-20)34-10-12-36-13-11-34/h3-7,14-15,18,29-30H,8-13,17H2,1-2H3,(H2,31,32,33,35)/b23-18-. The largest absolute Gasteiger partial charge is 0.378 e. The number of urea groups is 1. The number of halogens is 1. The van der Waals surface area contributed by atoms with E-state index in [1.54, 1.807) is 20.0 Å². The Labute approximate surface area is 217 Å². The highest BCUT2D eigenvalue weighted by atomic mass is 35.5. The van der Waals surface area contributed by atoms with Crippen molar-refractivity contribution in [3.63, 3.8) is 0 Å². The van der Waals surface area contributed by atoms with Crippen LogP contribution in [0.1, 0.15) is 18.1 Å². The van der Waals surface area contributed by atoms with Crippen molar-refractivity contribution in [2.45, 2.75) is 19.9 Å².